The number of Topliss-reactive ketones (excluding diaryl/α,β-unsaturated/α-hetero) is 1. The summed E-state index contributed by atoms with van der Waals surface area (Å²) in [6, 6.07) is 21.1. The van der Waals surface area contributed by atoms with Gasteiger partial charge in [-0.15, -0.1) is 0 Å². The number of methoxy groups -OCH3 is 1. The normalized spacial score (nSPS) is 17.9. The number of hydrogen-bond acceptors (Lipinski definition) is 4. The highest BCUT2D eigenvalue weighted by molar-refractivity contribution is 6.12. The summed E-state index contributed by atoms with van der Waals surface area (Å²) in [6.07, 6.45) is 0.219. The number of ketones is 1. The number of imide groups is 1. The molecule has 0 aromatic heterocycles. The van der Waals surface area contributed by atoms with Crippen LogP contribution >= 0.6 is 0 Å². The van der Waals surface area contributed by atoms with E-state index in [0.717, 1.165) is 16.5 Å². The van der Waals surface area contributed by atoms with E-state index in [4.69, 9.17) is 4.74 Å². The Morgan fingerprint density at radius 2 is 1.66 bits per heavy atom. The fourth-order valence-corrected chi connectivity index (χ4v) is 3.94. The van der Waals surface area contributed by atoms with E-state index >= 15 is 0 Å². The summed E-state index contributed by atoms with van der Waals surface area (Å²) in [5.74, 6) is -1.59. The van der Waals surface area contributed by atoms with Crippen molar-refractivity contribution in [2.24, 2.45) is 0 Å². The fraction of sp³-hybridized carbons (Fsp3) is 0.160. The number of benzene rings is 3. The van der Waals surface area contributed by atoms with E-state index in [2.05, 4.69) is 5.32 Å². The van der Waals surface area contributed by atoms with Crippen molar-refractivity contribution in [3.05, 3.63) is 101 Å². The van der Waals surface area contributed by atoms with Gasteiger partial charge in [0.05, 0.1) is 19.2 Å². The molecule has 1 aliphatic rings. The van der Waals surface area contributed by atoms with Crippen LogP contribution in [0.2, 0.25) is 0 Å². The highest BCUT2D eigenvalue weighted by Crippen LogP contribution is 2.33. The van der Waals surface area contributed by atoms with E-state index in [1.165, 1.54) is 19.2 Å². The van der Waals surface area contributed by atoms with Gasteiger partial charge in [-0.25, -0.2) is 9.18 Å². The lowest BCUT2D eigenvalue weighted by molar-refractivity contribution is -0.131. The molecule has 162 valence electrons. The number of amides is 3. The molecule has 0 unspecified atom stereocenters. The first-order valence-electron chi connectivity index (χ1n) is 10.0. The monoisotopic (exact) mass is 432 g/mol. The average Bonchev–Trinajstić information content (AvgIpc) is 3.05. The SMILES string of the molecule is COc1ccc(F)cc1C(=O)CN1C(=O)N[C@@](Cc2ccccc2)(c2ccccc2)C1=O. The molecule has 0 radical (unpaired) electrons. The maximum absolute atomic E-state index is 13.7. The zero-order valence-corrected chi connectivity index (χ0v) is 17.4. The van der Waals surface area contributed by atoms with Crippen LogP contribution in [-0.2, 0) is 16.8 Å². The Bertz CT molecular complexity index is 1170. The van der Waals surface area contributed by atoms with Gasteiger partial charge in [-0.1, -0.05) is 60.7 Å². The van der Waals surface area contributed by atoms with Gasteiger partial charge in [0.1, 0.15) is 11.6 Å². The Hall–Kier alpha value is -4.00. The largest absolute Gasteiger partial charge is 0.496 e. The third-order valence-corrected chi connectivity index (χ3v) is 5.52. The third kappa shape index (κ3) is 3.85. The van der Waals surface area contributed by atoms with E-state index in [1.54, 1.807) is 24.3 Å². The predicted molar refractivity (Wildman–Crippen MR) is 116 cm³/mol. The number of halogens is 1. The lowest BCUT2D eigenvalue weighted by atomic mass is 9.83. The van der Waals surface area contributed by atoms with Crippen LogP contribution in [0.1, 0.15) is 21.5 Å². The molecule has 6 nitrogen and oxygen atoms in total. The summed E-state index contributed by atoms with van der Waals surface area (Å²) in [5.41, 5.74) is 0.0743. The van der Waals surface area contributed by atoms with Crippen LogP contribution in [0.3, 0.4) is 0 Å². The molecule has 0 spiro atoms. The van der Waals surface area contributed by atoms with Crippen molar-refractivity contribution in [2.75, 3.05) is 13.7 Å². The quantitative estimate of drug-likeness (QED) is 0.456. The number of carbonyl (C=O) groups is 3. The van der Waals surface area contributed by atoms with E-state index < -0.39 is 35.6 Å². The van der Waals surface area contributed by atoms with Crippen LogP contribution in [-0.4, -0.2) is 36.3 Å². The van der Waals surface area contributed by atoms with Crippen LogP contribution in [0.5, 0.6) is 5.75 Å². The number of ether oxygens (including phenoxy) is 1. The fourth-order valence-electron chi connectivity index (χ4n) is 3.94. The molecule has 3 aromatic rings. The smallest absolute Gasteiger partial charge is 0.325 e. The summed E-state index contributed by atoms with van der Waals surface area (Å²) < 4.78 is 18.9. The molecule has 3 amide bonds. The molecule has 1 fully saturated rings. The van der Waals surface area contributed by atoms with Gasteiger partial charge in [-0.3, -0.25) is 14.5 Å². The molecule has 0 saturated carbocycles. The van der Waals surface area contributed by atoms with Gasteiger partial charge in [0.25, 0.3) is 5.91 Å². The summed E-state index contributed by atoms with van der Waals surface area (Å²) in [6.45, 7) is -0.534. The van der Waals surface area contributed by atoms with Crippen molar-refractivity contribution in [3.8, 4) is 5.75 Å². The van der Waals surface area contributed by atoms with Crippen molar-refractivity contribution in [1.29, 1.82) is 0 Å². The molecule has 0 bridgehead atoms. The second-order valence-corrected chi connectivity index (χ2v) is 7.52. The summed E-state index contributed by atoms with van der Waals surface area (Å²) in [7, 11) is 1.36. The van der Waals surface area contributed by atoms with Gasteiger partial charge < -0.3 is 10.1 Å². The number of nitrogens with one attached hydrogen (secondary N) is 1. The lowest BCUT2D eigenvalue weighted by Gasteiger charge is -2.27. The number of hydrogen-bond donors (Lipinski definition) is 1. The molecule has 0 aliphatic carbocycles. The zero-order valence-electron chi connectivity index (χ0n) is 17.4. The highest BCUT2D eigenvalue weighted by atomic mass is 19.1. The second kappa shape index (κ2) is 8.63. The van der Waals surface area contributed by atoms with E-state index in [9.17, 15) is 18.8 Å². The molecule has 32 heavy (non-hydrogen) atoms. The standard InChI is InChI=1S/C25H21FN2O4/c1-32-22-13-12-19(26)14-20(22)21(29)16-28-23(30)25(27-24(28)31,18-10-6-3-7-11-18)15-17-8-4-2-5-9-17/h2-14H,15-16H2,1H3,(H,27,31)/t25-/m0/s1. The number of nitrogens with zero attached hydrogens (tertiary/aromatic N) is 1. The van der Waals surface area contributed by atoms with Gasteiger partial charge >= 0.3 is 6.03 Å². The average molecular weight is 432 g/mol. The number of rotatable bonds is 7. The Morgan fingerprint density at radius 3 is 2.31 bits per heavy atom. The molecular formula is C25H21FN2O4. The molecule has 7 heteroatoms. The Morgan fingerprint density at radius 1 is 1.00 bits per heavy atom. The molecule has 1 aliphatic heterocycles. The summed E-state index contributed by atoms with van der Waals surface area (Å²) in [5, 5.41) is 2.81. The Labute approximate surface area is 184 Å². The molecule has 3 aromatic carbocycles. The summed E-state index contributed by atoms with van der Waals surface area (Å²) >= 11 is 0. The first-order valence-corrected chi connectivity index (χ1v) is 10.0. The van der Waals surface area contributed by atoms with Crippen LogP contribution in [0.25, 0.3) is 0 Å². The predicted octanol–water partition coefficient (Wildman–Crippen LogP) is 3.71. The molecule has 1 heterocycles. The highest BCUT2D eigenvalue weighted by Gasteiger charge is 2.52. The molecule has 1 N–H and O–H groups in total. The maximum Gasteiger partial charge on any atom is 0.325 e. The molecule has 4 rings (SSSR count). The first kappa shape index (κ1) is 21.2. The minimum Gasteiger partial charge on any atom is -0.496 e. The second-order valence-electron chi connectivity index (χ2n) is 7.52. The molecule has 1 saturated heterocycles. The van der Waals surface area contributed by atoms with E-state index in [0.29, 0.717) is 5.56 Å². The molecule has 1 atom stereocenters. The van der Waals surface area contributed by atoms with Gasteiger partial charge in [0.15, 0.2) is 11.3 Å². The van der Waals surface area contributed by atoms with E-state index in [1.807, 2.05) is 36.4 Å². The van der Waals surface area contributed by atoms with Gasteiger partial charge in [0, 0.05) is 6.42 Å². The zero-order chi connectivity index (χ0) is 22.7. The van der Waals surface area contributed by atoms with Crippen LogP contribution in [0.15, 0.2) is 78.9 Å². The number of carbonyl (C=O) groups excluding carboxylic acids is 3. The minimum absolute atomic E-state index is 0.0339. The minimum atomic E-state index is -1.36. The summed E-state index contributed by atoms with van der Waals surface area (Å²) in [4.78, 5) is 40.3. The van der Waals surface area contributed by atoms with E-state index in [-0.39, 0.29) is 17.7 Å². The van der Waals surface area contributed by atoms with Crippen molar-refractivity contribution >= 4 is 17.7 Å². The van der Waals surface area contributed by atoms with Crippen molar-refractivity contribution in [3.63, 3.8) is 0 Å². The lowest BCUT2D eigenvalue weighted by Crippen LogP contribution is -2.46. The first-order chi connectivity index (χ1) is 15.4. The van der Waals surface area contributed by atoms with Gasteiger partial charge in [0.2, 0.25) is 0 Å². The van der Waals surface area contributed by atoms with Crippen LogP contribution < -0.4 is 10.1 Å². The van der Waals surface area contributed by atoms with Gasteiger partial charge in [-0.05, 0) is 29.3 Å². The maximum atomic E-state index is 13.7. The van der Waals surface area contributed by atoms with Crippen molar-refractivity contribution in [2.45, 2.75) is 12.0 Å². The molecular weight excluding hydrogens is 411 g/mol. The van der Waals surface area contributed by atoms with Crippen LogP contribution in [0, 0.1) is 5.82 Å². The van der Waals surface area contributed by atoms with Crippen LogP contribution in [0.4, 0.5) is 9.18 Å². The Kier molecular flexibility index (Phi) is 5.73. The third-order valence-electron chi connectivity index (χ3n) is 5.52. The van der Waals surface area contributed by atoms with Crippen molar-refractivity contribution in [1.82, 2.24) is 10.2 Å². The van der Waals surface area contributed by atoms with Gasteiger partial charge in [-0.2, -0.15) is 0 Å². The number of urea groups is 1. The Balaban J connectivity index is 1.69. The van der Waals surface area contributed by atoms with Crippen molar-refractivity contribution < 1.29 is 23.5 Å². The topological polar surface area (TPSA) is 75.7 Å².